The van der Waals surface area contributed by atoms with Crippen molar-refractivity contribution in [2.24, 2.45) is 4.99 Å². The van der Waals surface area contributed by atoms with Crippen LogP contribution in [-0.2, 0) is 9.53 Å². The standard InChI is InChI=1S/C10H9NO3/c1-14-6-2-3-7-8(4-6)11-10(13)5-9(7)12/h3-5,12H,2H2,1H3. The highest BCUT2D eigenvalue weighted by Crippen LogP contribution is 2.23. The maximum absolute atomic E-state index is 11.0. The number of nitrogens with zero attached hydrogens (tertiary/aromatic N) is 1. The van der Waals surface area contributed by atoms with Crippen LogP contribution in [0.25, 0.3) is 0 Å². The van der Waals surface area contributed by atoms with Crippen LogP contribution in [0.1, 0.15) is 6.42 Å². The highest BCUT2D eigenvalue weighted by atomic mass is 16.5. The van der Waals surface area contributed by atoms with E-state index in [0.29, 0.717) is 17.7 Å². The number of carbonyl (C=O) groups is 1. The van der Waals surface area contributed by atoms with E-state index in [4.69, 9.17) is 4.74 Å². The Bertz CT molecular complexity index is 413. The van der Waals surface area contributed by atoms with Crippen molar-refractivity contribution in [2.45, 2.75) is 6.42 Å². The van der Waals surface area contributed by atoms with Gasteiger partial charge in [0.15, 0.2) is 0 Å². The Morgan fingerprint density at radius 1 is 1.50 bits per heavy atom. The maximum Gasteiger partial charge on any atom is 0.274 e. The minimum atomic E-state index is -0.441. The van der Waals surface area contributed by atoms with Crippen molar-refractivity contribution < 1.29 is 14.6 Å². The zero-order valence-electron chi connectivity index (χ0n) is 7.65. The molecule has 2 aliphatic rings. The van der Waals surface area contributed by atoms with E-state index in [9.17, 15) is 9.90 Å². The highest BCUT2D eigenvalue weighted by Gasteiger charge is 2.21. The highest BCUT2D eigenvalue weighted by molar-refractivity contribution is 6.20. The summed E-state index contributed by atoms with van der Waals surface area (Å²) in [7, 11) is 1.56. The number of fused-ring (bicyclic) bond motifs is 1. The molecule has 0 fully saturated rings. The van der Waals surface area contributed by atoms with Crippen molar-refractivity contribution in [1.29, 1.82) is 0 Å². The van der Waals surface area contributed by atoms with Gasteiger partial charge in [-0.15, -0.1) is 0 Å². The topological polar surface area (TPSA) is 58.9 Å². The van der Waals surface area contributed by atoms with Gasteiger partial charge in [0.05, 0.1) is 12.8 Å². The first-order valence-corrected chi connectivity index (χ1v) is 4.19. The second-order valence-corrected chi connectivity index (χ2v) is 3.00. The van der Waals surface area contributed by atoms with E-state index in [-0.39, 0.29) is 5.76 Å². The van der Waals surface area contributed by atoms with E-state index in [0.717, 1.165) is 11.8 Å². The summed E-state index contributed by atoms with van der Waals surface area (Å²) in [5.74, 6) is 0.268. The number of amides is 1. The normalized spacial score (nSPS) is 20.2. The van der Waals surface area contributed by atoms with Crippen molar-refractivity contribution in [1.82, 2.24) is 0 Å². The van der Waals surface area contributed by atoms with E-state index < -0.39 is 5.91 Å². The van der Waals surface area contributed by atoms with Crippen molar-refractivity contribution in [2.75, 3.05) is 7.11 Å². The molecule has 72 valence electrons. The first-order chi connectivity index (χ1) is 6.70. The Morgan fingerprint density at radius 2 is 2.29 bits per heavy atom. The number of carbonyl (C=O) groups excluding carboxylic acids is 1. The molecule has 1 aliphatic heterocycles. The molecule has 0 spiro atoms. The Balaban J connectivity index is 2.40. The van der Waals surface area contributed by atoms with Crippen LogP contribution >= 0.6 is 0 Å². The van der Waals surface area contributed by atoms with Crippen LogP contribution in [0, 0.1) is 0 Å². The molecule has 0 aromatic rings. The molecule has 0 aromatic heterocycles. The summed E-state index contributed by atoms with van der Waals surface area (Å²) in [6.07, 6.45) is 5.17. The van der Waals surface area contributed by atoms with Gasteiger partial charge in [-0.3, -0.25) is 4.79 Å². The predicted octanol–water partition coefficient (Wildman–Crippen LogP) is 1.27. The molecule has 4 nitrogen and oxygen atoms in total. The van der Waals surface area contributed by atoms with Gasteiger partial charge in [0, 0.05) is 24.1 Å². The molecule has 0 unspecified atom stereocenters. The molecule has 0 bridgehead atoms. The van der Waals surface area contributed by atoms with E-state index in [1.807, 2.05) is 0 Å². The molecular formula is C10H9NO3. The van der Waals surface area contributed by atoms with E-state index in [1.165, 1.54) is 0 Å². The summed E-state index contributed by atoms with van der Waals surface area (Å²) in [6.45, 7) is 0. The zero-order chi connectivity index (χ0) is 10.1. The molecule has 2 rings (SSSR count). The number of hydrogen-bond donors (Lipinski definition) is 1. The van der Waals surface area contributed by atoms with Gasteiger partial charge in [0.25, 0.3) is 5.91 Å². The fraction of sp³-hybridized carbons (Fsp3) is 0.200. The van der Waals surface area contributed by atoms with Crippen molar-refractivity contribution >= 4 is 11.6 Å². The second kappa shape index (κ2) is 3.14. The quantitative estimate of drug-likeness (QED) is 0.679. The summed E-state index contributed by atoms with van der Waals surface area (Å²) in [5.41, 5.74) is 1.07. The number of allylic oxidation sites excluding steroid dienone is 3. The minimum absolute atomic E-state index is 0.0218. The van der Waals surface area contributed by atoms with Crippen LogP contribution in [0.3, 0.4) is 0 Å². The number of ether oxygens (including phenoxy) is 1. The largest absolute Gasteiger partial charge is 0.507 e. The Labute approximate surface area is 80.9 Å². The van der Waals surface area contributed by atoms with Gasteiger partial charge in [-0.25, -0.2) is 4.99 Å². The van der Waals surface area contributed by atoms with Crippen LogP contribution in [0.15, 0.2) is 40.3 Å². The predicted molar refractivity (Wildman–Crippen MR) is 50.9 cm³/mol. The van der Waals surface area contributed by atoms with Gasteiger partial charge in [0.1, 0.15) is 11.5 Å². The lowest BCUT2D eigenvalue weighted by Crippen LogP contribution is -2.15. The lowest BCUT2D eigenvalue weighted by molar-refractivity contribution is -0.113. The lowest BCUT2D eigenvalue weighted by atomic mass is 9.98. The van der Waals surface area contributed by atoms with Gasteiger partial charge < -0.3 is 9.84 Å². The molecule has 0 radical (unpaired) electrons. The average molecular weight is 191 g/mol. The van der Waals surface area contributed by atoms with Gasteiger partial charge in [-0.05, 0) is 0 Å². The monoisotopic (exact) mass is 191 g/mol. The molecule has 0 atom stereocenters. The van der Waals surface area contributed by atoms with Crippen LogP contribution in [-0.4, -0.2) is 23.8 Å². The number of aliphatic imine (C=N–C) groups is 1. The summed E-state index contributed by atoms with van der Waals surface area (Å²) >= 11 is 0. The van der Waals surface area contributed by atoms with Crippen molar-refractivity contribution in [3.8, 4) is 0 Å². The molecule has 1 amide bonds. The Kier molecular flexibility index (Phi) is 1.96. The summed E-state index contributed by atoms with van der Waals surface area (Å²) in [5, 5.41) is 9.45. The minimum Gasteiger partial charge on any atom is -0.507 e. The van der Waals surface area contributed by atoms with E-state index in [2.05, 4.69) is 4.99 Å². The molecule has 1 N–H and O–H groups in total. The van der Waals surface area contributed by atoms with Crippen molar-refractivity contribution in [3.63, 3.8) is 0 Å². The van der Waals surface area contributed by atoms with Crippen LogP contribution in [0.4, 0.5) is 0 Å². The van der Waals surface area contributed by atoms with Crippen LogP contribution < -0.4 is 0 Å². The molecule has 0 saturated carbocycles. The number of rotatable bonds is 1. The average Bonchev–Trinajstić information content (AvgIpc) is 2.16. The van der Waals surface area contributed by atoms with Gasteiger partial charge in [-0.1, -0.05) is 6.08 Å². The van der Waals surface area contributed by atoms with Gasteiger partial charge in [-0.2, -0.15) is 0 Å². The van der Waals surface area contributed by atoms with Crippen LogP contribution in [0.5, 0.6) is 0 Å². The lowest BCUT2D eigenvalue weighted by Gasteiger charge is -2.16. The fourth-order valence-corrected chi connectivity index (χ4v) is 1.41. The summed E-state index contributed by atoms with van der Waals surface area (Å²) in [6, 6.07) is 0. The number of dihydropyridines is 1. The molecule has 0 aromatic carbocycles. The third kappa shape index (κ3) is 1.35. The molecule has 14 heavy (non-hydrogen) atoms. The third-order valence-corrected chi connectivity index (χ3v) is 2.11. The van der Waals surface area contributed by atoms with E-state index >= 15 is 0 Å². The third-order valence-electron chi connectivity index (χ3n) is 2.11. The molecule has 1 aliphatic carbocycles. The van der Waals surface area contributed by atoms with Gasteiger partial charge >= 0.3 is 0 Å². The molecule has 1 heterocycles. The summed E-state index contributed by atoms with van der Waals surface area (Å²) in [4.78, 5) is 14.8. The number of hydrogen-bond acceptors (Lipinski definition) is 3. The molecular weight excluding hydrogens is 182 g/mol. The first-order valence-electron chi connectivity index (χ1n) is 4.19. The zero-order valence-corrected chi connectivity index (χ0v) is 7.65. The second-order valence-electron chi connectivity index (χ2n) is 3.00. The maximum atomic E-state index is 11.0. The fourth-order valence-electron chi connectivity index (χ4n) is 1.41. The number of aliphatic hydroxyl groups is 1. The first kappa shape index (κ1) is 8.74. The van der Waals surface area contributed by atoms with Crippen LogP contribution in [0.2, 0.25) is 0 Å². The molecule has 4 heteroatoms. The van der Waals surface area contributed by atoms with Crippen molar-refractivity contribution in [3.05, 3.63) is 35.3 Å². The van der Waals surface area contributed by atoms with Gasteiger partial charge in [0.2, 0.25) is 0 Å². The summed E-state index contributed by atoms with van der Waals surface area (Å²) < 4.78 is 5.03. The number of aliphatic hydroxyl groups excluding tert-OH is 1. The Morgan fingerprint density at radius 3 is 3.00 bits per heavy atom. The SMILES string of the molecule is COC1=CC2=NC(=O)C=C(O)C2=CC1. The van der Waals surface area contributed by atoms with E-state index in [1.54, 1.807) is 19.3 Å². The smallest absolute Gasteiger partial charge is 0.274 e. The molecule has 0 saturated heterocycles. The Hall–Kier alpha value is -1.84. The number of methoxy groups -OCH3 is 1.